The molecule has 0 atom stereocenters. The first kappa shape index (κ1) is 5.57. The standard InChI is InChI=1S/C6H5N3/c1-5-3-2-4-8-6(7)9-5/h4H,1H2,(H2,7,9). The van der Waals surface area contributed by atoms with Gasteiger partial charge in [-0.05, 0) is 11.8 Å². The average Bonchev–Trinajstić information content (AvgIpc) is 1.93. The fourth-order valence-electron chi connectivity index (χ4n) is 0.409. The van der Waals surface area contributed by atoms with Crippen LogP contribution in [0.3, 0.4) is 0 Å². The molecule has 0 aromatic heterocycles. The number of guanidine groups is 1. The predicted octanol–water partition coefficient (Wildman–Crippen LogP) is -0.0974. The van der Waals surface area contributed by atoms with Crippen molar-refractivity contribution in [2.45, 2.75) is 0 Å². The minimum atomic E-state index is 0.192. The molecule has 0 fully saturated rings. The van der Waals surface area contributed by atoms with Crippen LogP contribution in [0.15, 0.2) is 22.3 Å². The van der Waals surface area contributed by atoms with E-state index in [1.165, 1.54) is 6.21 Å². The van der Waals surface area contributed by atoms with Crippen molar-refractivity contribution in [2.24, 2.45) is 15.7 Å². The molecule has 0 spiro atoms. The van der Waals surface area contributed by atoms with Gasteiger partial charge in [-0.25, -0.2) is 9.98 Å². The lowest BCUT2D eigenvalue weighted by atomic mass is 10.5. The molecular formula is C6H5N3. The highest BCUT2D eigenvalue weighted by Gasteiger charge is 1.88. The van der Waals surface area contributed by atoms with Crippen molar-refractivity contribution in [3.8, 4) is 11.8 Å². The molecule has 0 saturated heterocycles. The Hall–Kier alpha value is -1.56. The van der Waals surface area contributed by atoms with E-state index in [4.69, 9.17) is 5.73 Å². The number of nitrogens with two attached hydrogens (primary N) is 1. The first-order valence-electron chi connectivity index (χ1n) is 2.36. The fraction of sp³-hybridized carbons (Fsp3) is 0. The quantitative estimate of drug-likeness (QED) is 0.445. The Balaban J connectivity index is 2.96. The summed E-state index contributed by atoms with van der Waals surface area (Å²) in [5.41, 5.74) is 5.69. The van der Waals surface area contributed by atoms with E-state index < -0.39 is 0 Å². The van der Waals surface area contributed by atoms with Gasteiger partial charge in [0.25, 0.3) is 0 Å². The van der Waals surface area contributed by atoms with Gasteiger partial charge in [0, 0.05) is 0 Å². The molecule has 0 aromatic carbocycles. The van der Waals surface area contributed by atoms with Crippen LogP contribution in [0.4, 0.5) is 0 Å². The minimum absolute atomic E-state index is 0.192. The summed E-state index contributed by atoms with van der Waals surface area (Å²) in [5.74, 6) is 5.40. The van der Waals surface area contributed by atoms with Gasteiger partial charge in [0.15, 0.2) is 0 Å². The van der Waals surface area contributed by atoms with Crippen LogP contribution in [0.5, 0.6) is 0 Å². The van der Waals surface area contributed by atoms with Crippen molar-refractivity contribution < 1.29 is 0 Å². The summed E-state index contributed by atoms with van der Waals surface area (Å²) in [7, 11) is 0. The molecule has 1 heterocycles. The van der Waals surface area contributed by atoms with Crippen LogP contribution in [0.1, 0.15) is 0 Å². The van der Waals surface area contributed by atoms with Crippen molar-refractivity contribution >= 4 is 12.2 Å². The maximum atomic E-state index is 5.24. The molecule has 0 aliphatic carbocycles. The zero-order valence-corrected chi connectivity index (χ0v) is 4.76. The Morgan fingerprint density at radius 2 is 2.44 bits per heavy atom. The summed E-state index contributed by atoms with van der Waals surface area (Å²) < 4.78 is 0. The lowest BCUT2D eigenvalue weighted by Gasteiger charge is -1.85. The minimum Gasteiger partial charge on any atom is -0.368 e. The zero-order chi connectivity index (χ0) is 6.69. The Kier molecular flexibility index (Phi) is 1.32. The van der Waals surface area contributed by atoms with Crippen molar-refractivity contribution in [3.05, 3.63) is 12.3 Å². The molecule has 9 heavy (non-hydrogen) atoms. The second-order valence-corrected chi connectivity index (χ2v) is 1.44. The monoisotopic (exact) mass is 119 g/mol. The van der Waals surface area contributed by atoms with Crippen LogP contribution in [0, 0.1) is 11.8 Å². The van der Waals surface area contributed by atoms with Crippen molar-refractivity contribution in [2.75, 3.05) is 0 Å². The number of nitrogens with zero attached hydrogens (tertiary/aromatic N) is 2. The van der Waals surface area contributed by atoms with E-state index in [0.717, 1.165) is 0 Å². The molecule has 0 saturated carbocycles. The van der Waals surface area contributed by atoms with Crippen LogP contribution in [-0.4, -0.2) is 12.2 Å². The van der Waals surface area contributed by atoms with Crippen LogP contribution in [-0.2, 0) is 0 Å². The van der Waals surface area contributed by atoms with E-state index in [0.29, 0.717) is 5.70 Å². The normalized spacial score (nSPS) is 15.6. The van der Waals surface area contributed by atoms with Crippen molar-refractivity contribution in [3.63, 3.8) is 0 Å². The molecule has 0 bridgehead atoms. The highest BCUT2D eigenvalue weighted by molar-refractivity contribution is 5.94. The number of hydrogen-bond donors (Lipinski definition) is 1. The number of aliphatic imine (C=N–C) groups is 2. The smallest absolute Gasteiger partial charge is 0.221 e. The van der Waals surface area contributed by atoms with Gasteiger partial charge in [0.05, 0.1) is 6.21 Å². The lowest BCUT2D eigenvalue weighted by molar-refractivity contribution is 1.39. The van der Waals surface area contributed by atoms with Crippen molar-refractivity contribution in [1.29, 1.82) is 0 Å². The molecular weight excluding hydrogens is 114 g/mol. The van der Waals surface area contributed by atoms with E-state index in [1.54, 1.807) is 0 Å². The summed E-state index contributed by atoms with van der Waals surface area (Å²) >= 11 is 0. The average molecular weight is 119 g/mol. The molecule has 1 aliphatic heterocycles. The van der Waals surface area contributed by atoms with Gasteiger partial charge in [-0.15, -0.1) is 0 Å². The van der Waals surface area contributed by atoms with E-state index >= 15 is 0 Å². The Morgan fingerprint density at radius 3 is 3.22 bits per heavy atom. The van der Waals surface area contributed by atoms with Crippen molar-refractivity contribution in [1.82, 2.24) is 0 Å². The molecule has 3 heteroatoms. The molecule has 1 rings (SSSR count). The van der Waals surface area contributed by atoms with Gasteiger partial charge < -0.3 is 5.73 Å². The molecule has 2 N–H and O–H groups in total. The number of hydrogen-bond acceptors (Lipinski definition) is 3. The first-order chi connectivity index (χ1) is 4.29. The van der Waals surface area contributed by atoms with Gasteiger partial charge in [0.2, 0.25) is 5.96 Å². The molecule has 44 valence electrons. The van der Waals surface area contributed by atoms with Crippen LogP contribution in [0.2, 0.25) is 0 Å². The van der Waals surface area contributed by atoms with E-state index in [2.05, 4.69) is 28.4 Å². The maximum Gasteiger partial charge on any atom is 0.221 e. The van der Waals surface area contributed by atoms with Gasteiger partial charge >= 0.3 is 0 Å². The Bertz CT molecular complexity index is 249. The summed E-state index contributed by atoms with van der Waals surface area (Å²) in [6.07, 6.45) is 1.40. The third kappa shape index (κ3) is 1.42. The molecule has 3 nitrogen and oxygen atoms in total. The van der Waals surface area contributed by atoms with E-state index in [1.807, 2.05) is 0 Å². The highest BCUT2D eigenvalue weighted by atomic mass is 15.0. The molecule has 0 aromatic rings. The highest BCUT2D eigenvalue weighted by Crippen LogP contribution is 1.90. The second-order valence-electron chi connectivity index (χ2n) is 1.44. The number of rotatable bonds is 0. The van der Waals surface area contributed by atoms with Gasteiger partial charge in [-0.2, -0.15) is 0 Å². The molecule has 1 aliphatic rings. The van der Waals surface area contributed by atoms with E-state index in [-0.39, 0.29) is 5.96 Å². The summed E-state index contributed by atoms with van der Waals surface area (Å²) in [5, 5.41) is 0. The van der Waals surface area contributed by atoms with Gasteiger partial charge in [0.1, 0.15) is 5.70 Å². The maximum absolute atomic E-state index is 5.24. The number of allylic oxidation sites excluding steroid dienone is 1. The molecule has 0 amide bonds. The SMILES string of the molecule is C=C1C#CC=NC(N)=N1. The van der Waals surface area contributed by atoms with Crippen LogP contribution < -0.4 is 5.73 Å². The molecule has 0 radical (unpaired) electrons. The van der Waals surface area contributed by atoms with Crippen LogP contribution >= 0.6 is 0 Å². The summed E-state index contributed by atoms with van der Waals surface area (Å²) in [6, 6.07) is 0. The first-order valence-corrected chi connectivity index (χ1v) is 2.36. The third-order valence-corrected chi connectivity index (χ3v) is 0.727. The van der Waals surface area contributed by atoms with E-state index in [9.17, 15) is 0 Å². The largest absolute Gasteiger partial charge is 0.368 e. The summed E-state index contributed by atoms with van der Waals surface area (Å²) in [4.78, 5) is 7.35. The fourth-order valence-corrected chi connectivity index (χ4v) is 0.409. The Labute approximate surface area is 53.0 Å². The predicted molar refractivity (Wildman–Crippen MR) is 37.0 cm³/mol. The topological polar surface area (TPSA) is 50.7 Å². The Morgan fingerprint density at radius 1 is 1.67 bits per heavy atom. The van der Waals surface area contributed by atoms with Crippen LogP contribution in [0.25, 0.3) is 0 Å². The lowest BCUT2D eigenvalue weighted by Crippen LogP contribution is -2.07. The summed E-state index contributed by atoms with van der Waals surface area (Å²) in [6.45, 7) is 3.50. The second kappa shape index (κ2) is 2.14. The van der Waals surface area contributed by atoms with Gasteiger partial charge in [-0.1, -0.05) is 6.58 Å². The zero-order valence-electron chi connectivity index (χ0n) is 4.76. The third-order valence-electron chi connectivity index (χ3n) is 0.727. The van der Waals surface area contributed by atoms with Gasteiger partial charge in [-0.3, -0.25) is 0 Å². The molecule has 0 unspecified atom stereocenters.